The number of benzene rings is 2. The third-order valence-electron chi connectivity index (χ3n) is 5.47. The van der Waals surface area contributed by atoms with Crippen LogP contribution in [0.15, 0.2) is 60.7 Å². The SMILES string of the molecule is O=C(O[C@@H]1C[C@H]2CC[C@@](O)(C1)N2C(=O)OCc1ccccc1)c1ccccc1. The maximum atomic E-state index is 12.6. The Bertz CT molecular complexity index is 841. The van der Waals surface area contributed by atoms with E-state index in [1.54, 1.807) is 24.3 Å². The zero-order valence-electron chi connectivity index (χ0n) is 15.5. The number of carbonyl (C=O) groups is 2. The van der Waals surface area contributed by atoms with Gasteiger partial charge in [0.05, 0.1) is 5.56 Å². The molecule has 0 aromatic heterocycles. The van der Waals surface area contributed by atoms with Crippen LogP contribution in [-0.2, 0) is 16.1 Å². The second-order valence-electron chi connectivity index (χ2n) is 7.42. The molecule has 0 saturated carbocycles. The van der Waals surface area contributed by atoms with Crippen molar-refractivity contribution < 1.29 is 24.2 Å². The van der Waals surface area contributed by atoms with Gasteiger partial charge >= 0.3 is 12.1 Å². The van der Waals surface area contributed by atoms with Crippen molar-refractivity contribution in [1.82, 2.24) is 4.90 Å². The summed E-state index contributed by atoms with van der Waals surface area (Å²) in [5.74, 6) is -0.409. The van der Waals surface area contributed by atoms with Crippen molar-refractivity contribution in [2.24, 2.45) is 0 Å². The van der Waals surface area contributed by atoms with Crippen molar-refractivity contribution in [3.05, 3.63) is 71.8 Å². The second kappa shape index (κ2) is 7.64. The smallest absolute Gasteiger partial charge is 0.412 e. The van der Waals surface area contributed by atoms with Gasteiger partial charge in [-0.1, -0.05) is 48.5 Å². The molecule has 6 heteroatoms. The Morgan fingerprint density at radius 1 is 1.07 bits per heavy atom. The first-order valence-corrected chi connectivity index (χ1v) is 9.53. The average Bonchev–Trinajstić information content (AvgIpc) is 2.93. The molecule has 2 bridgehead atoms. The first-order chi connectivity index (χ1) is 13.5. The summed E-state index contributed by atoms with van der Waals surface area (Å²) in [6.45, 7) is 0.158. The van der Waals surface area contributed by atoms with Gasteiger partial charge in [-0.3, -0.25) is 4.90 Å². The van der Waals surface area contributed by atoms with Gasteiger partial charge in [-0.15, -0.1) is 0 Å². The molecule has 1 amide bonds. The van der Waals surface area contributed by atoms with Crippen molar-refractivity contribution in [2.45, 2.75) is 50.2 Å². The average molecular weight is 381 g/mol. The van der Waals surface area contributed by atoms with Crippen LogP contribution in [0.5, 0.6) is 0 Å². The van der Waals surface area contributed by atoms with Crippen LogP contribution in [-0.4, -0.2) is 39.9 Å². The monoisotopic (exact) mass is 381 g/mol. The number of rotatable bonds is 4. The Morgan fingerprint density at radius 2 is 1.75 bits per heavy atom. The Balaban J connectivity index is 1.39. The fourth-order valence-corrected chi connectivity index (χ4v) is 4.15. The van der Waals surface area contributed by atoms with Crippen molar-refractivity contribution in [3.8, 4) is 0 Å². The molecule has 6 nitrogen and oxygen atoms in total. The molecule has 146 valence electrons. The summed E-state index contributed by atoms with van der Waals surface area (Å²) < 4.78 is 11.0. The van der Waals surface area contributed by atoms with Gasteiger partial charge < -0.3 is 14.6 Å². The molecule has 0 unspecified atom stereocenters. The maximum absolute atomic E-state index is 12.6. The van der Waals surface area contributed by atoms with Crippen molar-refractivity contribution in [2.75, 3.05) is 0 Å². The summed E-state index contributed by atoms with van der Waals surface area (Å²) in [6, 6.07) is 18.0. The molecule has 2 saturated heterocycles. The van der Waals surface area contributed by atoms with Gasteiger partial charge in [0.2, 0.25) is 0 Å². The molecule has 1 N–H and O–H groups in total. The molecule has 2 heterocycles. The van der Waals surface area contributed by atoms with Gasteiger partial charge in [0.25, 0.3) is 0 Å². The first-order valence-electron chi connectivity index (χ1n) is 9.53. The van der Waals surface area contributed by atoms with Crippen LogP contribution < -0.4 is 0 Å². The highest BCUT2D eigenvalue weighted by Gasteiger charge is 2.54. The molecule has 0 aliphatic carbocycles. The summed E-state index contributed by atoms with van der Waals surface area (Å²) in [6.07, 6.45) is 0.863. The van der Waals surface area contributed by atoms with E-state index in [1.165, 1.54) is 4.90 Å². The number of hydrogen-bond donors (Lipinski definition) is 1. The number of esters is 1. The van der Waals surface area contributed by atoms with E-state index >= 15 is 0 Å². The van der Waals surface area contributed by atoms with Crippen molar-refractivity contribution >= 4 is 12.1 Å². The predicted octanol–water partition coefficient (Wildman–Crippen LogP) is 3.50. The molecule has 2 fully saturated rings. The number of carbonyl (C=O) groups excluding carboxylic acids is 2. The van der Waals surface area contributed by atoms with Crippen molar-refractivity contribution in [1.29, 1.82) is 0 Å². The van der Waals surface area contributed by atoms with Crippen LogP contribution in [0.4, 0.5) is 4.79 Å². The quantitative estimate of drug-likeness (QED) is 0.821. The molecular formula is C22H23NO5. The first kappa shape index (κ1) is 18.5. The summed E-state index contributed by atoms with van der Waals surface area (Å²) in [7, 11) is 0. The van der Waals surface area contributed by atoms with Crippen LogP contribution >= 0.6 is 0 Å². The number of aliphatic hydroxyl groups is 1. The lowest BCUT2D eigenvalue weighted by Gasteiger charge is -2.43. The van der Waals surface area contributed by atoms with Crippen molar-refractivity contribution in [3.63, 3.8) is 0 Å². The minimum Gasteiger partial charge on any atom is -0.459 e. The van der Waals surface area contributed by atoms with Crippen LogP contribution in [0.1, 0.15) is 41.6 Å². The number of fused-ring (bicyclic) bond motifs is 2. The highest BCUT2D eigenvalue weighted by molar-refractivity contribution is 5.89. The van der Waals surface area contributed by atoms with Crippen LogP contribution in [0.25, 0.3) is 0 Å². The van der Waals surface area contributed by atoms with E-state index in [1.807, 2.05) is 36.4 Å². The molecule has 28 heavy (non-hydrogen) atoms. The summed E-state index contributed by atoms with van der Waals surface area (Å²) in [5.41, 5.74) is 0.0339. The third kappa shape index (κ3) is 3.73. The Hall–Kier alpha value is -2.86. The molecule has 2 aliphatic heterocycles. The van der Waals surface area contributed by atoms with E-state index in [4.69, 9.17) is 9.47 Å². The summed E-state index contributed by atoms with van der Waals surface area (Å²) >= 11 is 0. The molecule has 0 radical (unpaired) electrons. The third-order valence-corrected chi connectivity index (χ3v) is 5.47. The second-order valence-corrected chi connectivity index (χ2v) is 7.42. The highest BCUT2D eigenvalue weighted by atomic mass is 16.6. The van der Waals surface area contributed by atoms with Crippen LogP contribution in [0.3, 0.4) is 0 Å². The Kier molecular flexibility index (Phi) is 5.05. The zero-order valence-corrected chi connectivity index (χ0v) is 15.5. The van der Waals surface area contributed by atoms with Gasteiger partial charge in [0, 0.05) is 18.9 Å². The predicted molar refractivity (Wildman–Crippen MR) is 101 cm³/mol. The fourth-order valence-electron chi connectivity index (χ4n) is 4.15. The molecule has 2 aromatic rings. The van der Waals surface area contributed by atoms with Gasteiger partial charge in [-0.25, -0.2) is 9.59 Å². The van der Waals surface area contributed by atoms with Gasteiger partial charge in [-0.2, -0.15) is 0 Å². The summed E-state index contributed by atoms with van der Waals surface area (Å²) in [4.78, 5) is 26.4. The lowest BCUT2D eigenvalue weighted by atomic mass is 9.97. The van der Waals surface area contributed by atoms with E-state index in [9.17, 15) is 14.7 Å². The minimum absolute atomic E-state index is 0.158. The lowest BCUT2D eigenvalue weighted by molar-refractivity contribution is -0.136. The standard InChI is InChI=1S/C22H23NO5/c24-20(17-9-5-2-6-10-17)28-19-13-18-11-12-22(26,14-19)23(18)21(25)27-15-16-7-3-1-4-8-16/h1-10,18-19,26H,11-15H2/t18-,19-,22-/m1/s1. The van der Waals surface area contributed by atoms with E-state index in [2.05, 4.69) is 0 Å². The van der Waals surface area contributed by atoms with Gasteiger partial charge in [0.15, 0.2) is 0 Å². The van der Waals surface area contributed by atoms with Gasteiger partial charge in [0.1, 0.15) is 18.4 Å². The Labute approximate surface area is 163 Å². The van der Waals surface area contributed by atoms with Crippen LogP contribution in [0, 0.1) is 0 Å². The fraction of sp³-hybridized carbons (Fsp3) is 0.364. The Morgan fingerprint density at radius 3 is 2.43 bits per heavy atom. The van der Waals surface area contributed by atoms with E-state index in [-0.39, 0.29) is 19.1 Å². The number of ether oxygens (including phenoxy) is 2. The summed E-state index contributed by atoms with van der Waals surface area (Å²) in [5, 5.41) is 11.0. The molecule has 2 aliphatic rings. The van der Waals surface area contributed by atoms with E-state index < -0.39 is 23.9 Å². The highest BCUT2D eigenvalue weighted by Crippen LogP contribution is 2.44. The number of nitrogens with zero attached hydrogens (tertiary/aromatic N) is 1. The molecule has 3 atom stereocenters. The topological polar surface area (TPSA) is 76.1 Å². The van der Waals surface area contributed by atoms with Crippen LogP contribution in [0.2, 0.25) is 0 Å². The maximum Gasteiger partial charge on any atom is 0.412 e. The number of piperidine rings is 1. The largest absolute Gasteiger partial charge is 0.459 e. The molecule has 4 rings (SSSR count). The normalized spacial score (nSPS) is 26.0. The lowest BCUT2D eigenvalue weighted by Crippen LogP contribution is -2.57. The molecule has 0 spiro atoms. The number of amides is 1. The van der Waals surface area contributed by atoms with Gasteiger partial charge in [-0.05, 0) is 30.5 Å². The van der Waals surface area contributed by atoms with E-state index in [0.717, 1.165) is 5.56 Å². The molecular weight excluding hydrogens is 358 g/mol. The van der Waals surface area contributed by atoms with E-state index in [0.29, 0.717) is 24.8 Å². The number of hydrogen-bond acceptors (Lipinski definition) is 5. The zero-order chi connectivity index (χ0) is 19.6. The minimum atomic E-state index is -1.33. The molecule has 2 aromatic carbocycles.